The number of benzene rings is 1. The molecule has 0 saturated heterocycles. The number of hydrogen-bond acceptors (Lipinski definition) is 7. The van der Waals surface area contributed by atoms with Gasteiger partial charge in [0.1, 0.15) is 21.7 Å². The molecule has 1 aromatic heterocycles. The summed E-state index contributed by atoms with van der Waals surface area (Å²) < 4.78 is 31.2. The van der Waals surface area contributed by atoms with Crippen molar-refractivity contribution in [2.75, 3.05) is 0 Å². The molecule has 0 spiro atoms. The van der Waals surface area contributed by atoms with E-state index in [9.17, 15) is 13.7 Å². The summed E-state index contributed by atoms with van der Waals surface area (Å²) in [6.07, 6.45) is 5.70. The van der Waals surface area contributed by atoms with E-state index in [4.69, 9.17) is 9.88 Å². The summed E-state index contributed by atoms with van der Waals surface area (Å²) in [7, 11) is -3.78. The van der Waals surface area contributed by atoms with Gasteiger partial charge in [-0.15, -0.1) is 10.2 Å². The summed E-state index contributed by atoms with van der Waals surface area (Å²) in [5.41, 5.74) is 3.88. The number of nitriles is 1. The lowest BCUT2D eigenvalue weighted by molar-refractivity contribution is 0.129. The lowest BCUT2D eigenvalue weighted by atomic mass is 9.94. The van der Waals surface area contributed by atoms with Crippen LogP contribution in [0.25, 0.3) is 16.1 Å². The van der Waals surface area contributed by atoms with Crippen LogP contribution in [0.1, 0.15) is 48.9 Å². The number of fused-ring (bicyclic) bond motifs is 1. The van der Waals surface area contributed by atoms with E-state index in [1.54, 1.807) is 0 Å². The molecule has 2 aliphatic carbocycles. The molecule has 4 rings (SSSR count). The van der Waals surface area contributed by atoms with Crippen molar-refractivity contribution in [2.45, 2.75) is 45.3 Å². The van der Waals surface area contributed by atoms with E-state index in [0.717, 1.165) is 38.7 Å². The van der Waals surface area contributed by atoms with Crippen LogP contribution in [-0.4, -0.2) is 24.7 Å². The van der Waals surface area contributed by atoms with Crippen LogP contribution >= 0.6 is 11.3 Å². The molecule has 1 heterocycles. The second kappa shape index (κ2) is 8.51. The van der Waals surface area contributed by atoms with Gasteiger partial charge in [-0.2, -0.15) is 18.4 Å². The molecule has 0 aliphatic heterocycles. The van der Waals surface area contributed by atoms with Gasteiger partial charge in [0.05, 0.1) is 12.2 Å². The van der Waals surface area contributed by atoms with Gasteiger partial charge in [-0.3, -0.25) is 0 Å². The second-order valence-corrected chi connectivity index (χ2v) is 10.2. The highest BCUT2D eigenvalue weighted by Gasteiger charge is 2.29. The molecule has 3 N–H and O–H groups in total. The molecule has 31 heavy (non-hydrogen) atoms. The first kappa shape index (κ1) is 21.6. The summed E-state index contributed by atoms with van der Waals surface area (Å²) in [4.78, 5) is 0. The van der Waals surface area contributed by atoms with Crippen LogP contribution in [0.2, 0.25) is 0 Å². The van der Waals surface area contributed by atoms with Crippen LogP contribution in [0.15, 0.2) is 36.1 Å². The van der Waals surface area contributed by atoms with E-state index < -0.39 is 10.2 Å². The Hall–Kier alpha value is -2.58. The number of nitrogens with zero attached hydrogens (tertiary/aromatic N) is 3. The van der Waals surface area contributed by atoms with Gasteiger partial charge < -0.3 is 4.74 Å². The van der Waals surface area contributed by atoms with Crippen molar-refractivity contribution in [1.29, 1.82) is 5.26 Å². The fourth-order valence-corrected chi connectivity index (χ4v) is 5.56. The predicted molar refractivity (Wildman–Crippen MR) is 119 cm³/mol. The van der Waals surface area contributed by atoms with Gasteiger partial charge in [0.15, 0.2) is 0 Å². The molecule has 2 atom stereocenters. The van der Waals surface area contributed by atoms with Crippen LogP contribution in [0.4, 0.5) is 0 Å². The zero-order valence-corrected chi connectivity index (χ0v) is 18.8. The van der Waals surface area contributed by atoms with Gasteiger partial charge in [-0.25, -0.2) is 5.14 Å². The van der Waals surface area contributed by atoms with Crippen LogP contribution in [-0.2, 0) is 21.4 Å². The van der Waals surface area contributed by atoms with Crippen molar-refractivity contribution >= 4 is 27.1 Å². The van der Waals surface area contributed by atoms with Gasteiger partial charge in [-0.05, 0) is 55.9 Å². The maximum atomic E-state index is 11.5. The Morgan fingerprint density at radius 1 is 1.29 bits per heavy atom. The fourth-order valence-electron chi connectivity index (χ4n) is 3.99. The first-order valence-corrected chi connectivity index (χ1v) is 12.3. The van der Waals surface area contributed by atoms with Gasteiger partial charge in [-0.1, -0.05) is 35.6 Å². The molecular weight excluding hydrogens is 434 g/mol. The zero-order valence-electron chi connectivity index (χ0n) is 17.2. The fraction of sp³-hybridized carbons (Fsp3) is 0.381. The molecule has 2 aliphatic rings. The Morgan fingerprint density at radius 3 is 2.77 bits per heavy atom. The van der Waals surface area contributed by atoms with Crippen molar-refractivity contribution in [1.82, 2.24) is 14.9 Å². The zero-order chi connectivity index (χ0) is 22.2. The molecule has 0 radical (unpaired) electrons. The average Bonchev–Trinajstić information content (AvgIpc) is 3.34. The van der Waals surface area contributed by atoms with E-state index in [-0.39, 0.29) is 18.1 Å². The van der Waals surface area contributed by atoms with Gasteiger partial charge >= 0.3 is 0 Å². The molecule has 1 aromatic carbocycles. The number of ether oxygens (including phenoxy) is 1. The first-order valence-electron chi connectivity index (χ1n) is 9.98. The second-order valence-electron chi connectivity index (χ2n) is 7.85. The molecule has 0 amide bonds. The monoisotopic (exact) mass is 457 g/mol. The Morgan fingerprint density at radius 2 is 2.06 bits per heavy atom. The summed E-state index contributed by atoms with van der Waals surface area (Å²) in [6.45, 7) is 3.87. The Bertz CT molecular complexity index is 1210. The maximum absolute atomic E-state index is 11.5. The van der Waals surface area contributed by atoms with Crippen LogP contribution in [0, 0.1) is 17.2 Å². The first-order chi connectivity index (χ1) is 14.7. The summed E-state index contributed by atoms with van der Waals surface area (Å²) in [6, 6.07) is 7.76. The normalized spacial score (nSPS) is 20.7. The molecule has 0 bridgehead atoms. The Balaban J connectivity index is 1.62. The Kier molecular flexibility index (Phi) is 5.94. The third-order valence-corrected chi connectivity index (χ3v) is 6.90. The summed E-state index contributed by atoms with van der Waals surface area (Å²) >= 11 is 1.47. The highest BCUT2D eigenvalue weighted by atomic mass is 32.2. The summed E-state index contributed by atoms with van der Waals surface area (Å²) in [5.74, 6) is 0.334. The van der Waals surface area contributed by atoms with E-state index in [1.165, 1.54) is 11.3 Å². The van der Waals surface area contributed by atoms with Crippen molar-refractivity contribution in [3.8, 4) is 16.6 Å². The minimum absolute atomic E-state index is 0.0120. The van der Waals surface area contributed by atoms with Crippen LogP contribution in [0.5, 0.6) is 0 Å². The Labute approximate surface area is 185 Å². The topological polar surface area (TPSA) is 131 Å². The third kappa shape index (κ3) is 4.70. The van der Waals surface area contributed by atoms with E-state index in [1.807, 2.05) is 44.2 Å². The molecular formula is C21H23N5O3S2. The van der Waals surface area contributed by atoms with Crippen molar-refractivity contribution in [3.05, 3.63) is 52.2 Å². The lowest BCUT2D eigenvalue weighted by Gasteiger charge is -2.21. The van der Waals surface area contributed by atoms with Gasteiger partial charge in [0.25, 0.3) is 10.2 Å². The molecule has 0 saturated carbocycles. The average molecular weight is 458 g/mol. The predicted octanol–water partition coefficient (Wildman–Crippen LogP) is 3.22. The number of hydrogen-bond donors (Lipinski definition) is 2. The SMILES string of the molecule is CC(C)OC1=CC=C(c2nnc(-c3cccc4c3CC[C@@H]4NS(N)(=O)=O)s2)CC1C#N. The number of rotatable bonds is 6. The van der Waals surface area contributed by atoms with E-state index in [2.05, 4.69) is 21.0 Å². The van der Waals surface area contributed by atoms with E-state index in [0.29, 0.717) is 18.6 Å². The largest absolute Gasteiger partial charge is 0.494 e. The highest BCUT2D eigenvalue weighted by molar-refractivity contribution is 7.87. The number of nitrogens with two attached hydrogens (primary N) is 1. The maximum Gasteiger partial charge on any atom is 0.274 e. The molecule has 162 valence electrons. The van der Waals surface area contributed by atoms with Crippen LogP contribution < -0.4 is 9.86 Å². The molecule has 8 nitrogen and oxygen atoms in total. The number of nitrogens with one attached hydrogen (secondary N) is 1. The minimum atomic E-state index is -3.78. The minimum Gasteiger partial charge on any atom is -0.494 e. The number of allylic oxidation sites excluding steroid dienone is 4. The lowest BCUT2D eigenvalue weighted by Crippen LogP contribution is -2.33. The van der Waals surface area contributed by atoms with Gasteiger partial charge in [0, 0.05) is 11.6 Å². The molecule has 2 aromatic rings. The third-order valence-electron chi connectivity index (χ3n) is 5.25. The molecule has 10 heteroatoms. The standard InChI is InChI=1S/C21H23N5O3S2/c1-12(2)29-19-9-6-13(10-14(19)11-22)20-24-25-21(30-20)17-5-3-4-16-15(17)7-8-18(16)26-31(23,27)28/h3-6,9,12,14,18,26H,7-8,10H2,1-2H3,(H2,23,27,28)/t14?,18-/m0/s1. The molecule has 1 unspecified atom stereocenters. The van der Waals surface area contributed by atoms with E-state index >= 15 is 0 Å². The van der Waals surface area contributed by atoms with Crippen molar-refractivity contribution in [2.24, 2.45) is 11.1 Å². The highest BCUT2D eigenvalue weighted by Crippen LogP contribution is 2.40. The van der Waals surface area contributed by atoms with Crippen LogP contribution in [0.3, 0.4) is 0 Å². The number of aromatic nitrogens is 2. The summed E-state index contributed by atoms with van der Waals surface area (Å²) in [5, 5.41) is 25.0. The van der Waals surface area contributed by atoms with Gasteiger partial charge in [0.2, 0.25) is 0 Å². The van der Waals surface area contributed by atoms with Crippen molar-refractivity contribution in [3.63, 3.8) is 0 Å². The molecule has 0 fully saturated rings. The quantitative estimate of drug-likeness (QED) is 0.685. The smallest absolute Gasteiger partial charge is 0.274 e. The van der Waals surface area contributed by atoms with Crippen molar-refractivity contribution < 1.29 is 13.2 Å².